The zero-order chi connectivity index (χ0) is 16.8. The largest absolute Gasteiger partial charge is 0.487 e. The third kappa shape index (κ3) is 2.21. The molecule has 0 fully saturated rings. The number of carboxylic acids is 1. The minimum atomic E-state index is -2.58. The molecule has 0 heterocycles. The van der Waals surface area contributed by atoms with Crippen molar-refractivity contribution < 1.29 is 23.4 Å². The molecule has 24 heavy (non-hydrogen) atoms. The average molecular weight is 326 g/mol. The van der Waals surface area contributed by atoms with Gasteiger partial charge in [0.05, 0.1) is 5.56 Å². The standard InChI is InChI=1S/C19H12F2O3/c20-16(21)9-24-15-8-12-7-13(19(22)23)6-11-5-4-10-2-1-3-14(15)18(10)17(11)12/h1-8,16H,9H2,(H,22,23). The lowest BCUT2D eigenvalue weighted by Gasteiger charge is -2.15. The molecule has 0 aliphatic carbocycles. The lowest BCUT2D eigenvalue weighted by Crippen LogP contribution is -2.07. The molecule has 0 saturated carbocycles. The fraction of sp³-hybridized carbons (Fsp3) is 0.105. The number of carbonyl (C=O) groups is 1. The van der Waals surface area contributed by atoms with Crippen LogP contribution in [0, 0.1) is 0 Å². The predicted octanol–water partition coefficient (Wildman–Crippen LogP) is 4.93. The van der Waals surface area contributed by atoms with E-state index in [9.17, 15) is 18.7 Å². The number of aromatic carboxylic acids is 1. The van der Waals surface area contributed by atoms with Gasteiger partial charge in [-0.2, -0.15) is 0 Å². The van der Waals surface area contributed by atoms with E-state index in [1.807, 2.05) is 30.3 Å². The monoisotopic (exact) mass is 326 g/mol. The first-order chi connectivity index (χ1) is 11.5. The van der Waals surface area contributed by atoms with Crippen molar-refractivity contribution in [3.63, 3.8) is 0 Å². The molecule has 4 aromatic rings. The van der Waals surface area contributed by atoms with E-state index in [4.69, 9.17) is 4.74 Å². The Balaban J connectivity index is 2.10. The Labute approximate surface area is 135 Å². The summed E-state index contributed by atoms with van der Waals surface area (Å²) in [6.07, 6.45) is -2.58. The van der Waals surface area contributed by atoms with Crippen LogP contribution in [-0.2, 0) is 0 Å². The normalized spacial score (nSPS) is 11.8. The molecule has 4 rings (SSSR count). The van der Waals surface area contributed by atoms with Crippen molar-refractivity contribution in [1.29, 1.82) is 0 Å². The van der Waals surface area contributed by atoms with Crippen molar-refractivity contribution in [3.8, 4) is 5.75 Å². The summed E-state index contributed by atoms with van der Waals surface area (Å²) in [4.78, 5) is 11.3. The topological polar surface area (TPSA) is 46.5 Å². The molecule has 0 atom stereocenters. The molecule has 0 unspecified atom stereocenters. The molecular weight excluding hydrogens is 314 g/mol. The maximum Gasteiger partial charge on any atom is 0.335 e. The van der Waals surface area contributed by atoms with E-state index in [1.54, 1.807) is 18.2 Å². The van der Waals surface area contributed by atoms with Gasteiger partial charge in [-0.25, -0.2) is 13.6 Å². The minimum absolute atomic E-state index is 0.153. The number of carboxylic acid groups (broad SMARTS) is 1. The highest BCUT2D eigenvalue weighted by Crippen LogP contribution is 2.40. The summed E-state index contributed by atoms with van der Waals surface area (Å²) in [6.45, 7) is -0.702. The maximum atomic E-state index is 12.5. The predicted molar refractivity (Wildman–Crippen MR) is 88.6 cm³/mol. The summed E-state index contributed by atoms with van der Waals surface area (Å²) in [5.41, 5.74) is 0.153. The highest BCUT2D eigenvalue weighted by atomic mass is 19.3. The SMILES string of the molecule is O=C(O)c1cc2ccc3cccc4c(OCC(F)F)cc(c1)c2c34. The maximum absolute atomic E-state index is 12.5. The molecule has 0 bridgehead atoms. The summed E-state index contributed by atoms with van der Waals surface area (Å²) in [7, 11) is 0. The molecule has 1 N–H and O–H groups in total. The van der Waals surface area contributed by atoms with Crippen LogP contribution in [-0.4, -0.2) is 24.1 Å². The summed E-state index contributed by atoms with van der Waals surface area (Å²) in [5, 5.41) is 14.3. The van der Waals surface area contributed by atoms with Gasteiger partial charge in [-0.05, 0) is 39.7 Å². The molecule has 0 aliphatic heterocycles. The molecule has 4 aromatic carbocycles. The number of halogens is 2. The van der Waals surface area contributed by atoms with E-state index in [-0.39, 0.29) is 5.56 Å². The highest BCUT2D eigenvalue weighted by molar-refractivity contribution is 6.25. The van der Waals surface area contributed by atoms with Crippen LogP contribution in [0.2, 0.25) is 0 Å². The van der Waals surface area contributed by atoms with Crippen molar-refractivity contribution in [3.05, 3.63) is 54.1 Å². The van der Waals surface area contributed by atoms with Crippen LogP contribution < -0.4 is 4.74 Å². The molecule has 5 heteroatoms. The van der Waals surface area contributed by atoms with Gasteiger partial charge in [-0.3, -0.25) is 0 Å². The number of hydrogen-bond donors (Lipinski definition) is 1. The lowest BCUT2D eigenvalue weighted by atomic mass is 9.92. The van der Waals surface area contributed by atoms with E-state index < -0.39 is 19.0 Å². The molecule has 3 nitrogen and oxygen atoms in total. The molecule has 0 saturated heterocycles. The summed E-state index contributed by atoms with van der Waals surface area (Å²) in [6, 6.07) is 14.2. The summed E-state index contributed by atoms with van der Waals surface area (Å²) in [5.74, 6) is -0.695. The first-order valence-electron chi connectivity index (χ1n) is 7.40. The molecule has 120 valence electrons. The molecular formula is C19H12F2O3. The fourth-order valence-corrected chi connectivity index (χ4v) is 3.21. The van der Waals surface area contributed by atoms with E-state index in [2.05, 4.69) is 0 Å². The summed E-state index contributed by atoms with van der Waals surface area (Å²) >= 11 is 0. The van der Waals surface area contributed by atoms with Crippen molar-refractivity contribution in [2.75, 3.05) is 6.61 Å². The van der Waals surface area contributed by atoms with Gasteiger partial charge in [0.25, 0.3) is 6.43 Å². The third-order valence-electron chi connectivity index (χ3n) is 4.15. The van der Waals surface area contributed by atoms with Crippen LogP contribution in [0.4, 0.5) is 8.78 Å². The average Bonchev–Trinajstić information content (AvgIpc) is 2.57. The molecule has 0 radical (unpaired) electrons. The third-order valence-corrected chi connectivity index (χ3v) is 4.15. The Kier molecular flexibility index (Phi) is 3.23. The smallest absolute Gasteiger partial charge is 0.335 e. The van der Waals surface area contributed by atoms with Crippen molar-refractivity contribution in [1.82, 2.24) is 0 Å². The lowest BCUT2D eigenvalue weighted by molar-refractivity contribution is 0.0697. The van der Waals surface area contributed by atoms with Crippen molar-refractivity contribution in [2.24, 2.45) is 0 Å². The van der Waals surface area contributed by atoms with E-state index >= 15 is 0 Å². The number of hydrogen-bond acceptors (Lipinski definition) is 2. The van der Waals surface area contributed by atoms with Gasteiger partial charge in [-0.15, -0.1) is 0 Å². The molecule has 0 aromatic heterocycles. The second kappa shape index (κ2) is 5.30. The zero-order valence-electron chi connectivity index (χ0n) is 12.4. The van der Waals surface area contributed by atoms with Gasteiger partial charge in [-0.1, -0.05) is 30.3 Å². The van der Waals surface area contributed by atoms with Crippen LogP contribution >= 0.6 is 0 Å². The van der Waals surface area contributed by atoms with Crippen LogP contribution in [0.15, 0.2) is 48.5 Å². The number of alkyl halides is 2. The van der Waals surface area contributed by atoms with Gasteiger partial charge < -0.3 is 9.84 Å². The Morgan fingerprint density at radius 2 is 1.75 bits per heavy atom. The Morgan fingerprint density at radius 3 is 2.50 bits per heavy atom. The first kappa shape index (κ1) is 14.6. The molecule has 0 amide bonds. The van der Waals surface area contributed by atoms with E-state index in [0.717, 1.165) is 26.9 Å². The summed E-state index contributed by atoms with van der Waals surface area (Å²) < 4.78 is 30.4. The van der Waals surface area contributed by atoms with Crippen LogP contribution in [0.1, 0.15) is 10.4 Å². The first-order valence-corrected chi connectivity index (χ1v) is 7.40. The van der Waals surface area contributed by atoms with Gasteiger partial charge in [0.15, 0.2) is 0 Å². The van der Waals surface area contributed by atoms with Gasteiger partial charge in [0.2, 0.25) is 0 Å². The second-order valence-corrected chi connectivity index (χ2v) is 5.65. The second-order valence-electron chi connectivity index (χ2n) is 5.65. The fourth-order valence-electron chi connectivity index (χ4n) is 3.21. The Hall–Kier alpha value is -2.95. The van der Waals surface area contributed by atoms with Crippen molar-refractivity contribution in [2.45, 2.75) is 6.43 Å². The van der Waals surface area contributed by atoms with Crippen LogP contribution in [0.25, 0.3) is 32.3 Å². The number of ether oxygens (including phenoxy) is 1. The van der Waals surface area contributed by atoms with E-state index in [1.165, 1.54) is 0 Å². The van der Waals surface area contributed by atoms with E-state index in [0.29, 0.717) is 11.1 Å². The Morgan fingerprint density at radius 1 is 1.00 bits per heavy atom. The van der Waals surface area contributed by atoms with Crippen molar-refractivity contribution >= 4 is 38.3 Å². The number of rotatable bonds is 4. The minimum Gasteiger partial charge on any atom is -0.487 e. The number of benzene rings is 4. The van der Waals surface area contributed by atoms with Crippen LogP contribution in [0.5, 0.6) is 5.75 Å². The molecule has 0 spiro atoms. The molecule has 0 aliphatic rings. The van der Waals surface area contributed by atoms with Crippen LogP contribution in [0.3, 0.4) is 0 Å². The highest BCUT2D eigenvalue weighted by Gasteiger charge is 2.16. The zero-order valence-corrected chi connectivity index (χ0v) is 12.4. The van der Waals surface area contributed by atoms with Gasteiger partial charge >= 0.3 is 5.97 Å². The van der Waals surface area contributed by atoms with Gasteiger partial charge in [0.1, 0.15) is 12.4 Å². The van der Waals surface area contributed by atoms with Gasteiger partial charge in [0, 0.05) is 10.8 Å². The quantitative estimate of drug-likeness (QED) is 0.541. The Bertz CT molecular complexity index is 1070.